The number of carbonyl (C=O) groups is 1. The van der Waals surface area contributed by atoms with E-state index in [1.54, 1.807) is 35.2 Å². The van der Waals surface area contributed by atoms with Gasteiger partial charge in [-0.3, -0.25) is 4.79 Å². The van der Waals surface area contributed by atoms with Gasteiger partial charge in [-0.2, -0.15) is 0 Å². The number of nitrogens with zero attached hydrogens (tertiary/aromatic N) is 4. The fourth-order valence-corrected chi connectivity index (χ4v) is 3.65. The molecule has 3 heterocycles. The molecular formula is C18H14N6OS2. The van der Waals surface area contributed by atoms with Crippen LogP contribution in [0.1, 0.15) is 15.5 Å². The van der Waals surface area contributed by atoms with Crippen molar-refractivity contribution in [3.63, 3.8) is 0 Å². The van der Waals surface area contributed by atoms with Gasteiger partial charge in [0.1, 0.15) is 5.69 Å². The fourth-order valence-electron chi connectivity index (χ4n) is 2.34. The molecule has 1 aromatic carbocycles. The van der Waals surface area contributed by atoms with Crippen molar-refractivity contribution in [1.82, 2.24) is 19.9 Å². The van der Waals surface area contributed by atoms with Crippen LogP contribution in [0.15, 0.2) is 53.5 Å². The van der Waals surface area contributed by atoms with Crippen LogP contribution in [0.3, 0.4) is 0 Å². The van der Waals surface area contributed by atoms with E-state index in [1.165, 1.54) is 11.3 Å². The lowest BCUT2D eigenvalue weighted by atomic mass is 10.1. The first kappa shape index (κ1) is 17.3. The number of benzene rings is 1. The van der Waals surface area contributed by atoms with Crippen LogP contribution >= 0.6 is 22.7 Å². The zero-order valence-electron chi connectivity index (χ0n) is 14.2. The molecule has 0 aliphatic carbocycles. The highest BCUT2D eigenvalue weighted by atomic mass is 32.1. The Morgan fingerprint density at radius 3 is 2.67 bits per heavy atom. The number of thiazole rings is 2. The minimum absolute atomic E-state index is 0.278. The predicted octanol–water partition coefficient (Wildman–Crippen LogP) is 4.36. The number of hydrogen-bond acceptors (Lipinski definition) is 8. The van der Waals surface area contributed by atoms with E-state index >= 15 is 0 Å². The van der Waals surface area contributed by atoms with Crippen LogP contribution in [-0.4, -0.2) is 25.8 Å². The topological polar surface area (TPSA) is 92.7 Å². The summed E-state index contributed by atoms with van der Waals surface area (Å²) in [5.74, 6) is 0.157. The van der Waals surface area contributed by atoms with E-state index in [0.29, 0.717) is 22.5 Å². The van der Waals surface area contributed by atoms with Gasteiger partial charge in [0.15, 0.2) is 5.13 Å². The molecule has 0 spiro atoms. The predicted molar refractivity (Wildman–Crippen MR) is 108 cm³/mol. The molecule has 0 saturated heterocycles. The third-order valence-corrected chi connectivity index (χ3v) is 5.09. The quantitative estimate of drug-likeness (QED) is 0.522. The van der Waals surface area contributed by atoms with Crippen LogP contribution in [0, 0.1) is 6.92 Å². The van der Waals surface area contributed by atoms with Crippen molar-refractivity contribution in [2.75, 3.05) is 10.6 Å². The minimum atomic E-state index is -0.278. The van der Waals surface area contributed by atoms with E-state index in [0.717, 1.165) is 16.3 Å². The van der Waals surface area contributed by atoms with E-state index < -0.39 is 0 Å². The van der Waals surface area contributed by atoms with E-state index in [4.69, 9.17) is 0 Å². The first-order valence-corrected chi connectivity index (χ1v) is 9.77. The molecule has 0 atom stereocenters. The van der Waals surface area contributed by atoms with Crippen molar-refractivity contribution in [1.29, 1.82) is 0 Å². The van der Waals surface area contributed by atoms with Crippen LogP contribution in [0.25, 0.3) is 11.3 Å². The van der Waals surface area contributed by atoms with Gasteiger partial charge in [-0.15, -0.1) is 22.7 Å². The highest BCUT2D eigenvalue weighted by Crippen LogP contribution is 2.25. The standard InChI is InChI=1S/C18H14N6OS2/c1-11-21-14(9-26-11)12-4-2-5-13(8-12)22-16(25)15-10-27-18(23-15)24-17-19-6-3-7-20-17/h2-10H,1H3,(H,22,25)(H,19,20,23,24). The van der Waals surface area contributed by atoms with Crippen LogP contribution in [0.4, 0.5) is 16.8 Å². The molecule has 0 radical (unpaired) electrons. The zero-order chi connectivity index (χ0) is 18.6. The lowest BCUT2D eigenvalue weighted by Gasteiger charge is -2.05. The molecule has 0 aliphatic rings. The maximum Gasteiger partial charge on any atom is 0.275 e. The SMILES string of the molecule is Cc1nc(-c2cccc(NC(=O)c3csc(Nc4ncccn4)n3)c2)cs1. The summed E-state index contributed by atoms with van der Waals surface area (Å²) in [7, 11) is 0. The van der Waals surface area contributed by atoms with Crippen molar-refractivity contribution in [3.05, 3.63) is 64.2 Å². The summed E-state index contributed by atoms with van der Waals surface area (Å²) in [4.78, 5) is 29.4. The normalized spacial score (nSPS) is 10.6. The molecule has 7 nitrogen and oxygen atoms in total. The highest BCUT2D eigenvalue weighted by Gasteiger charge is 2.12. The van der Waals surface area contributed by atoms with Gasteiger partial charge in [0.25, 0.3) is 5.91 Å². The third kappa shape index (κ3) is 4.15. The number of nitrogens with one attached hydrogen (secondary N) is 2. The minimum Gasteiger partial charge on any atom is -0.321 e. The second-order valence-electron chi connectivity index (χ2n) is 5.52. The molecule has 0 fully saturated rings. The summed E-state index contributed by atoms with van der Waals surface area (Å²) in [6.45, 7) is 1.97. The number of carbonyl (C=O) groups excluding carboxylic acids is 1. The van der Waals surface area contributed by atoms with Gasteiger partial charge < -0.3 is 10.6 Å². The molecule has 134 valence electrons. The van der Waals surface area contributed by atoms with E-state index in [2.05, 4.69) is 30.6 Å². The summed E-state index contributed by atoms with van der Waals surface area (Å²) < 4.78 is 0. The average Bonchev–Trinajstić information content (AvgIpc) is 3.32. The molecule has 0 saturated carbocycles. The van der Waals surface area contributed by atoms with Gasteiger partial charge in [0, 0.05) is 34.4 Å². The summed E-state index contributed by atoms with van der Waals surface area (Å²) in [6, 6.07) is 9.32. The molecule has 0 aliphatic heterocycles. The Kier molecular flexibility index (Phi) is 4.86. The second kappa shape index (κ2) is 7.60. The molecular weight excluding hydrogens is 380 g/mol. The smallest absolute Gasteiger partial charge is 0.275 e. The van der Waals surface area contributed by atoms with Gasteiger partial charge >= 0.3 is 0 Å². The van der Waals surface area contributed by atoms with E-state index in [-0.39, 0.29) is 5.91 Å². The van der Waals surface area contributed by atoms with Crippen LogP contribution in [-0.2, 0) is 0 Å². The van der Waals surface area contributed by atoms with Crippen LogP contribution < -0.4 is 10.6 Å². The molecule has 4 aromatic rings. The lowest BCUT2D eigenvalue weighted by molar-refractivity contribution is 0.102. The molecule has 4 rings (SSSR count). The Bertz CT molecular complexity index is 1080. The fraction of sp³-hybridized carbons (Fsp3) is 0.0556. The summed E-state index contributed by atoms with van der Waals surface area (Å²) >= 11 is 2.91. The van der Waals surface area contributed by atoms with Gasteiger partial charge in [-0.1, -0.05) is 12.1 Å². The average molecular weight is 394 g/mol. The molecule has 3 aromatic heterocycles. The van der Waals surface area contributed by atoms with Crippen molar-refractivity contribution in [2.45, 2.75) is 6.92 Å². The van der Waals surface area contributed by atoms with Gasteiger partial charge in [0.05, 0.1) is 10.7 Å². The van der Waals surface area contributed by atoms with Crippen molar-refractivity contribution in [2.24, 2.45) is 0 Å². The van der Waals surface area contributed by atoms with Crippen molar-refractivity contribution < 1.29 is 4.79 Å². The Morgan fingerprint density at radius 2 is 1.89 bits per heavy atom. The Labute approximate surface area is 163 Å². The number of aromatic nitrogens is 4. The Hall–Kier alpha value is -3.17. The number of aryl methyl sites for hydroxylation is 1. The van der Waals surface area contributed by atoms with E-state index in [9.17, 15) is 4.79 Å². The van der Waals surface area contributed by atoms with Gasteiger partial charge in [-0.05, 0) is 25.1 Å². The van der Waals surface area contributed by atoms with Crippen molar-refractivity contribution >= 4 is 45.3 Å². The number of rotatable bonds is 5. The lowest BCUT2D eigenvalue weighted by Crippen LogP contribution is -2.12. The number of amides is 1. The maximum atomic E-state index is 12.5. The molecule has 0 bridgehead atoms. The highest BCUT2D eigenvalue weighted by molar-refractivity contribution is 7.14. The van der Waals surface area contributed by atoms with Gasteiger partial charge in [0.2, 0.25) is 5.95 Å². The zero-order valence-corrected chi connectivity index (χ0v) is 15.8. The summed E-state index contributed by atoms with van der Waals surface area (Å²) in [5.41, 5.74) is 2.88. The van der Waals surface area contributed by atoms with Gasteiger partial charge in [-0.25, -0.2) is 19.9 Å². The second-order valence-corrected chi connectivity index (χ2v) is 7.44. The molecule has 9 heteroatoms. The third-order valence-electron chi connectivity index (χ3n) is 3.56. The Morgan fingerprint density at radius 1 is 1.04 bits per heavy atom. The molecule has 27 heavy (non-hydrogen) atoms. The largest absolute Gasteiger partial charge is 0.321 e. The van der Waals surface area contributed by atoms with Crippen LogP contribution in [0.5, 0.6) is 0 Å². The molecule has 1 amide bonds. The maximum absolute atomic E-state index is 12.5. The first-order chi connectivity index (χ1) is 13.2. The summed E-state index contributed by atoms with van der Waals surface area (Å²) in [6.07, 6.45) is 3.26. The van der Waals surface area contributed by atoms with Crippen LogP contribution in [0.2, 0.25) is 0 Å². The number of anilines is 3. The van der Waals surface area contributed by atoms with E-state index in [1.807, 2.05) is 36.6 Å². The number of hydrogen-bond donors (Lipinski definition) is 2. The monoisotopic (exact) mass is 394 g/mol. The molecule has 0 unspecified atom stereocenters. The Balaban J connectivity index is 1.46. The summed E-state index contributed by atoms with van der Waals surface area (Å²) in [5, 5.41) is 11.1. The van der Waals surface area contributed by atoms with Crippen molar-refractivity contribution in [3.8, 4) is 11.3 Å². The molecule has 2 N–H and O–H groups in total. The first-order valence-electron chi connectivity index (χ1n) is 8.01.